The molecule has 3 heterocycles. The van der Waals surface area contributed by atoms with Crippen LogP contribution in [0.25, 0.3) is 16.9 Å². The summed E-state index contributed by atoms with van der Waals surface area (Å²) >= 11 is 0. The zero-order chi connectivity index (χ0) is 21.5. The van der Waals surface area contributed by atoms with Crippen molar-refractivity contribution in [3.8, 4) is 5.95 Å². The molecular formula is C22H27FN6O. The topological polar surface area (TPSA) is 98.7 Å². The number of amides is 1. The number of nitrogens with zero attached hydrogens (tertiary/aromatic N) is 4. The molecule has 8 heteroatoms. The van der Waals surface area contributed by atoms with Gasteiger partial charge in [-0.2, -0.15) is 19.7 Å². The Morgan fingerprint density at radius 2 is 1.93 bits per heavy atom. The first kappa shape index (κ1) is 20.3. The summed E-state index contributed by atoms with van der Waals surface area (Å²) in [6.07, 6.45) is 6.44. The molecule has 1 aromatic carbocycles. The minimum absolute atomic E-state index is 0.171. The maximum absolute atomic E-state index is 14.0. The number of halogens is 1. The lowest BCUT2D eigenvalue weighted by molar-refractivity contribution is -0.119. The van der Waals surface area contributed by atoms with Crippen LogP contribution in [0.4, 0.5) is 16.0 Å². The molecule has 0 saturated carbocycles. The van der Waals surface area contributed by atoms with E-state index in [0.29, 0.717) is 16.9 Å². The second-order valence-electron chi connectivity index (χ2n) is 8.40. The van der Waals surface area contributed by atoms with Crippen LogP contribution in [0.5, 0.6) is 0 Å². The molecule has 30 heavy (non-hydrogen) atoms. The van der Waals surface area contributed by atoms with Crippen LogP contribution in [0.2, 0.25) is 0 Å². The van der Waals surface area contributed by atoms with Gasteiger partial charge in [-0.3, -0.25) is 4.79 Å². The van der Waals surface area contributed by atoms with E-state index in [2.05, 4.69) is 22.2 Å². The van der Waals surface area contributed by atoms with Crippen LogP contribution in [0.1, 0.15) is 64.1 Å². The summed E-state index contributed by atoms with van der Waals surface area (Å²) in [5.41, 5.74) is 7.53. The van der Waals surface area contributed by atoms with Crippen molar-refractivity contribution in [1.82, 2.24) is 19.7 Å². The highest BCUT2D eigenvalue weighted by Crippen LogP contribution is 2.39. The Labute approximate surface area is 174 Å². The van der Waals surface area contributed by atoms with E-state index in [-0.39, 0.29) is 23.5 Å². The number of hydrogen-bond donors (Lipinski definition) is 2. The molecule has 0 saturated heterocycles. The summed E-state index contributed by atoms with van der Waals surface area (Å²) in [6, 6.07) is 4.57. The third kappa shape index (κ3) is 3.40. The number of aryl methyl sites for hydroxylation is 1. The van der Waals surface area contributed by atoms with Gasteiger partial charge in [-0.15, -0.1) is 0 Å². The van der Waals surface area contributed by atoms with Gasteiger partial charge in [0, 0.05) is 5.39 Å². The van der Waals surface area contributed by atoms with Crippen LogP contribution in [0.3, 0.4) is 0 Å². The molecule has 1 aliphatic heterocycles. The molecule has 0 spiro atoms. The van der Waals surface area contributed by atoms with Gasteiger partial charge < -0.3 is 11.1 Å². The standard InChI is InChI=1S/C22H27FN6O/c1-4-5-6-7-8-9-15-14-12-13(23)10-11-16(14)29(28-15)21-25-18(24)17-19(27-21)26-20(30)22(17,2)3/h10-12H,4-9H2,1-3H3,(H3,24,25,26,27,30). The summed E-state index contributed by atoms with van der Waals surface area (Å²) in [7, 11) is 0. The normalized spacial score (nSPS) is 14.9. The molecule has 0 bridgehead atoms. The molecule has 158 valence electrons. The van der Waals surface area contributed by atoms with E-state index in [1.165, 1.54) is 31.4 Å². The van der Waals surface area contributed by atoms with Crippen LogP contribution < -0.4 is 11.1 Å². The van der Waals surface area contributed by atoms with Gasteiger partial charge in [0.05, 0.1) is 22.2 Å². The molecule has 0 aliphatic carbocycles. The van der Waals surface area contributed by atoms with Crippen molar-refractivity contribution in [3.63, 3.8) is 0 Å². The molecule has 1 amide bonds. The highest BCUT2D eigenvalue weighted by molar-refractivity contribution is 6.06. The molecule has 7 nitrogen and oxygen atoms in total. The number of nitrogens with one attached hydrogen (secondary N) is 1. The van der Waals surface area contributed by atoms with E-state index < -0.39 is 5.41 Å². The molecular weight excluding hydrogens is 383 g/mol. The molecule has 3 aromatic rings. The summed E-state index contributed by atoms with van der Waals surface area (Å²) in [4.78, 5) is 21.3. The Balaban J connectivity index is 1.74. The number of aromatic nitrogens is 4. The molecule has 0 unspecified atom stereocenters. The van der Waals surface area contributed by atoms with E-state index in [0.717, 1.165) is 30.3 Å². The number of benzene rings is 1. The first-order chi connectivity index (χ1) is 14.3. The van der Waals surface area contributed by atoms with Crippen molar-refractivity contribution in [1.29, 1.82) is 0 Å². The smallest absolute Gasteiger partial charge is 0.255 e. The van der Waals surface area contributed by atoms with Gasteiger partial charge in [-0.1, -0.05) is 32.6 Å². The highest BCUT2D eigenvalue weighted by Gasteiger charge is 2.42. The predicted molar refractivity (Wildman–Crippen MR) is 115 cm³/mol. The monoisotopic (exact) mass is 410 g/mol. The maximum Gasteiger partial charge on any atom is 0.255 e. The van der Waals surface area contributed by atoms with E-state index in [1.807, 2.05) is 0 Å². The number of nitrogen functional groups attached to an aromatic ring is 1. The largest absolute Gasteiger partial charge is 0.383 e. The minimum atomic E-state index is -0.795. The minimum Gasteiger partial charge on any atom is -0.383 e. The van der Waals surface area contributed by atoms with Gasteiger partial charge in [0.15, 0.2) is 0 Å². The lowest BCUT2D eigenvalue weighted by Crippen LogP contribution is -2.27. The average Bonchev–Trinajstić information content (AvgIpc) is 3.15. The molecule has 3 N–H and O–H groups in total. The number of anilines is 2. The summed E-state index contributed by atoms with van der Waals surface area (Å²) in [5.74, 6) is 0.427. The fourth-order valence-electron chi connectivity index (χ4n) is 4.03. The molecule has 0 atom stereocenters. The zero-order valence-electron chi connectivity index (χ0n) is 17.6. The molecule has 0 fully saturated rings. The average molecular weight is 410 g/mol. The SMILES string of the molecule is CCCCCCCc1nn(-c2nc(N)c3c(n2)NC(=O)C3(C)C)c2ccc(F)cc12. The Kier molecular flexibility index (Phi) is 5.17. The number of nitrogens with two attached hydrogens (primary N) is 1. The summed E-state index contributed by atoms with van der Waals surface area (Å²) in [5, 5.41) is 8.23. The van der Waals surface area contributed by atoms with Crippen LogP contribution in [0, 0.1) is 5.82 Å². The van der Waals surface area contributed by atoms with Crippen molar-refractivity contribution in [2.45, 2.75) is 64.7 Å². The van der Waals surface area contributed by atoms with Crippen LogP contribution in [-0.2, 0) is 16.6 Å². The summed E-state index contributed by atoms with van der Waals surface area (Å²) < 4.78 is 15.5. The van der Waals surface area contributed by atoms with Crippen molar-refractivity contribution in [2.75, 3.05) is 11.1 Å². The number of rotatable bonds is 7. The Morgan fingerprint density at radius 3 is 2.70 bits per heavy atom. The molecule has 2 aromatic heterocycles. The van der Waals surface area contributed by atoms with Crippen LogP contribution in [0.15, 0.2) is 18.2 Å². The molecule has 0 radical (unpaired) electrons. The Hall–Kier alpha value is -3.03. The van der Waals surface area contributed by atoms with Crippen molar-refractivity contribution >= 4 is 28.4 Å². The van der Waals surface area contributed by atoms with Crippen molar-refractivity contribution in [3.05, 3.63) is 35.3 Å². The number of carbonyl (C=O) groups excluding carboxylic acids is 1. The number of carbonyl (C=O) groups is 1. The quantitative estimate of drug-likeness (QED) is 0.567. The predicted octanol–water partition coefficient (Wildman–Crippen LogP) is 4.28. The third-order valence-corrected chi connectivity index (χ3v) is 5.77. The summed E-state index contributed by atoms with van der Waals surface area (Å²) in [6.45, 7) is 5.76. The van der Waals surface area contributed by atoms with E-state index in [1.54, 1.807) is 24.6 Å². The van der Waals surface area contributed by atoms with Gasteiger partial charge in [0.25, 0.3) is 5.95 Å². The maximum atomic E-state index is 14.0. The number of fused-ring (bicyclic) bond motifs is 2. The van der Waals surface area contributed by atoms with Crippen molar-refractivity contribution in [2.24, 2.45) is 0 Å². The highest BCUT2D eigenvalue weighted by atomic mass is 19.1. The lowest BCUT2D eigenvalue weighted by atomic mass is 9.87. The van der Waals surface area contributed by atoms with Gasteiger partial charge in [0.2, 0.25) is 5.91 Å². The third-order valence-electron chi connectivity index (χ3n) is 5.77. The van der Waals surface area contributed by atoms with Crippen LogP contribution >= 0.6 is 0 Å². The lowest BCUT2D eigenvalue weighted by Gasteiger charge is -2.16. The Morgan fingerprint density at radius 1 is 1.17 bits per heavy atom. The van der Waals surface area contributed by atoms with E-state index in [4.69, 9.17) is 10.8 Å². The van der Waals surface area contributed by atoms with E-state index in [9.17, 15) is 9.18 Å². The van der Waals surface area contributed by atoms with Gasteiger partial charge in [-0.25, -0.2) is 4.39 Å². The number of unbranched alkanes of at least 4 members (excludes halogenated alkanes) is 4. The van der Waals surface area contributed by atoms with Crippen molar-refractivity contribution < 1.29 is 9.18 Å². The second kappa shape index (κ2) is 7.66. The Bertz CT molecular complexity index is 1120. The zero-order valence-corrected chi connectivity index (χ0v) is 17.6. The first-order valence-electron chi connectivity index (χ1n) is 10.5. The molecule has 4 rings (SSSR count). The van der Waals surface area contributed by atoms with Crippen LogP contribution in [-0.4, -0.2) is 25.7 Å². The fraction of sp³-hybridized carbons (Fsp3) is 0.455. The van der Waals surface area contributed by atoms with Gasteiger partial charge in [-0.05, 0) is 44.9 Å². The van der Waals surface area contributed by atoms with Gasteiger partial charge in [0.1, 0.15) is 17.5 Å². The van der Waals surface area contributed by atoms with E-state index >= 15 is 0 Å². The van der Waals surface area contributed by atoms with Gasteiger partial charge >= 0.3 is 0 Å². The first-order valence-corrected chi connectivity index (χ1v) is 10.5. The fourth-order valence-corrected chi connectivity index (χ4v) is 4.03. The number of hydrogen-bond acceptors (Lipinski definition) is 5. The second-order valence-corrected chi connectivity index (χ2v) is 8.40. The molecule has 1 aliphatic rings.